The minimum Gasteiger partial charge on any atom is -0.487 e. The zero-order valence-corrected chi connectivity index (χ0v) is 13.5. The molecule has 2 bridgehead atoms. The number of likely N-dealkylation sites (N-methyl/N-ethyl adjacent to an activating group) is 1. The lowest BCUT2D eigenvalue weighted by Gasteiger charge is -2.29. The number of hydrogen-bond acceptors (Lipinski definition) is 3. The average molecular weight is 326 g/mol. The molecule has 0 radical (unpaired) electrons. The number of amides is 1. The van der Waals surface area contributed by atoms with Crippen LogP contribution >= 0.6 is 0 Å². The lowest BCUT2D eigenvalue weighted by molar-refractivity contribution is -0.122. The third kappa shape index (κ3) is 2.55. The van der Waals surface area contributed by atoms with Gasteiger partial charge in [-0.25, -0.2) is 4.39 Å². The number of anilines is 1. The van der Waals surface area contributed by atoms with Crippen LogP contribution in [0.1, 0.15) is 12.0 Å². The predicted octanol–water partition coefficient (Wildman–Crippen LogP) is 2.82. The predicted molar refractivity (Wildman–Crippen MR) is 89.5 cm³/mol. The molecule has 1 amide bonds. The first-order valence-corrected chi connectivity index (χ1v) is 8.14. The minimum absolute atomic E-state index is 0.0320. The molecule has 1 saturated heterocycles. The van der Waals surface area contributed by atoms with Crippen LogP contribution in [0.5, 0.6) is 5.75 Å². The van der Waals surface area contributed by atoms with E-state index in [1.165, 1.54) is 6.07 Å². The summed E-state index contributed by atoms with van der Waals surface area (Å²) in [4.78, 5) is 16.6. The van der Waals surface area contributed by atoms with Crippen LogP contribution in [-0.4, -0.2) is 36.5 Å². The summed E-state index contributed by atoms with van der Waals surface area (Å²) in [6.45, 7) is 1.03. The van der Waals surface area contributed by atoms with Crippen molar-refractivity contribution in [3.05, 3.63) is 59.9 Å². The van der Waals surface area contributed by atoms with Crippen LogP contribution in [0.2, 0.25) is 0 Å². The highest BCUT2D eigenvalue weighted by Crippen LogP contribution is 2.35. The van der Waals surface area contributed by atoms with E-state index in [2.05, 4.69) is 0 Å². The molecule has 1 fully saturated rings. The Bertz CT molecular complexity index is 779. The molecule has 0 aliphatic carbocycles. The van der Waals surface area contributed by atoms with E-state index in [0.29, 0.717) is 25.1 Å². The highest BCUT2D eigenvalue weighted by molar-refractivity contribution is 5.98. The Balaban J connectivity index is 1.64. The minimum atomic E-state index is -0.284. The Kier molecular flexibility index (Phi) is 3.73. The largest absolute Gasteiger partial charge is 0.487 e. The zero-order chi connectivity index (χ0) is 16.7. The maximum Gasteiger partial charge on any atom is 0.244 e. The summed E-state index contributed by atoms with van der Waals surface area (Å²) in [5.74, 6) is 0.522. The number of halogens is 1. The van der Waals surface area contributed by atoms with Crippen molar-refractivity contribution in [1.82, 2.24) is 4.90 Å². The summed E-state index contributed by atoms with van der Waals surface area (Å²) in [7, 11) is 1.77. The van der Waals surface area contributed by atoms with E-state index in [0.717, 1.165) is 11.4 Å². The fourth-order valence-electron chi connectivity index (χ4n) is 3.58. The van der Waals surface area contributed by atoms with Crippen LogP contribution in [0, 0.1) is 5.82 Å². The second kappa shape index (κ2) is 5.91. The summed E-state index contributed by atoms with van der Waals surface area (Å²) in [5, 5.41) is 0. The number of hydrogen-bond donors (Lipinski definition) is 0. The Morgan fingerprint density at radius 3 is 2.75 bits per heavy atom. The second-order valence-electron chi connectivity index (χ2n) is 6.38. The molecule has 2 unspecified atom stereocenters. The number of benzene rings is 2. The molecule has 2 aromatic rings. The van der Waals surface area contributed by atoms with Gasteiger partial charge in [0.25, 0.3) is 0 Å². The number of nitrogens with zero attached hydrogens (tertiary/aromatic N) is 2. The third-order valence-electron chi connectivity index (χ3n) is 4.83. The number of rotatable bonds is 2. The molecule has 2 heterocycles. The molecular formula is C19H19FN2O2. The van der Waals surface area contributed by atoms with Gasteiger partial charge in [-0.1, -0.05) is 30.3 Å². The molecule has 0 spiro atoms. The smallest absolute Gasteiger partial charge is 0.244 e. The third-order valence-corrected chi connectivity index (χ3v) is 4.83. The van der Waals surface area contributed by atoms with Crippen LogP contribution < -0.4 is 9.64 Å². The molecule has 2 aliphatic rings. The van der Waals surface area contributed by atoms with Gasteiger partial charge in [-0.15, -0.1) is 0 Å². The number of likely N-dealkylation sites (tertiary alicyclic amines) is 1. The van der Waals surface area contributed by atoms with Gasteiger partial charge in [-0.2, -0.15) is 0 Å². The molecule has 5 heteroatoms. The standard InChI is InChI=1S/C19H19FN2O2/c1-21-16-8-4-5-9-18(16)24-14-10-17(19(21)23)22(12-14)11-13-6-2-3-7-15(13)20/h2-9,14,17H,10-12H2,1H3. The van der Waals surface area contributed by atoms with Gasteiger partial charge in [0, 0.05) is 32.1 Å². The first-order chi connectivity index (χ1) is 11.6. The quantitative estimate of drug-likeness (QED) is 0.851. The van der Waals surface area contributed by atoms with E-state index < -0.39 is 0 Å². The lowest BCUT2D eigenvalue weighted by atomic mass is 10.1. The van der Waals surface area contributed by atoms with Crippen LogP contribution in [0.15, 0.2) is 48.5 Å². The topological polar surface area (TPSA) is 32.8 Å². The highest BCUT2D eigenvalue weighted by Gasteiger charge is 2.42. The van der Waals surface area contributed by atoms with Crippen LogP contribution in [-0.2, 0) is 11.3 Å². The van der Waals surface area contributed by atoms with E-state index in [1.54, 1.807) is 24.1 Å². The maximum absolute atomic E-state index is 14.0. The van der Waals surface area contributed by atoms with Crippen molar-refractivity contribution in [3.63, 3.8) is 0 Å². The zero-order valence-electron chi connectivity index (χ0n) is 13.5. The van der Waals surface area contributed by atoms with Crippen molar-refractivity contribution >= 4 is 11.6 Å². The Morgan fingerprint density at radius 2 is 1.92 bits per heavy atom. The maximum atomic E-state index is 14.0. The summed E-state index contributed by atoms with van der Waals surface area (Å²) in [6, 6.07) is 14.0. The summed E-state index contributed by atoms with van der Waals surface area (Å²) in [6.07, 6.45) is 0.576. The van der Waals surface area contributed by atoms with Gasteiger partial charge in [-0.05, 0) is 18.2 Å². The molecule has 2 atom stereocenters. The first-order valence-electron chi connectivity index (χ1n) is 8.14. The van der Waals surface area contributed by atoms with Gasteiger partial charge in [0.2, 0.25) is 5.91 Å². The summed E-state index contributed by atoms with van der Waals surface area (Å²) in [5.41, 5.74) is 1.39. The molecule has 2 aromatic carbocycles. The number of carbonyl (C=O) groups excluding carboxylic acids is 1. The fourth-order valence-corrected chi connectivity index (χ4v) is 3.58. The summed E-state index contributed by atoms with van der Waals surface area (Å²) < 4.78 is 20.1. The highest BCUT2D eigenvalue weighted by atomic mass is 19.1. The second-order valence-corrected chi connectivity index (χ2v) is 6.38. The molecule has 2 aliphatic heterocycles. The monoisotopic (exact) mass is 326 g/mol. The number of ether oxygens (including phenoxy) is 1. The van der Waals surface area contributed by atoms with E-state index in [1.807, 2.05) is 35.2 Å². The van der Waals surface area contributed by atoms with Gasteiger partial charge in [0.1, 0.15) is 17.7 Å². The van der Waals surface area contributed by atoms with Crippen molar-refractivity contribution in [2.75, 3.05) is 18.5 Å². The van der Waals surface area contributed by atoms with Gasteiger partial charge in [0.15, 0.2) is 0 Å². The molecule has 0 aromatic heterocycles. The Labute approximate surface area is 140 Å². The molecule has 4 rings (SSSR count). The SMILES string of the molecule is CN1C(=O)C2CC(CN2Cc2ccccc2F)Oc2ccccc21. The van der Waals surface area contributed by atoms with Crippen LogP contribution in [0.3, 0.4) is 0 Å². The van der Waals surface area contributed by atoms with Crippen molar-refractivity contribution in [1.29, 1.82) is 0 Å². The van der Waals surface area contributed by atoms with Crippen molar-refractivity contribution < 1.29 is 13.9 Å². The van der Waals surface area contributed by atoms with Crippen molar-refractivity contribution in [2.45, 2.75) is 25.1 Å². The van der Waals surface area contributed by atoms with Crippen LogP contribution in [0.25, 0.3) is 0 Å². The van der Waals surface area contributed by atoms with Gasteiger partial charge in [0.05, 0.1) is 11.7 Å². The Morgan fingerprint density at radius 1 is 1.17 bits per heavy atom. The van der Waals surface area contributed by atoms with E-state index in [9.17, 15) is 9.18 Å². The van der Waals surface area contributed by atoms with Gasteiger partial charge >= 0.3 is 0 Å². The number of carbonyl (C=O) groups is 1. The Hall–Kier alpha value is -2.40. The molecular weight excluding hydrogens is 307 g/mol. The van der Waals surface area contributed by atoms with E-state index in [4.69, 9.17) is 4.74 Å². The average Bonchev–Trinajstić information content (AvgIpc) is 2.99. The molecule has 4 nitrogen and oxygen atoms in total. The first kappa shape index (κ1) is 15.1. The lowest BCUT2D eigenvalue weighted by Crippen LogP contribution is -2.44. The number of para-hydroxylation sites is 2. The summed E-state index contributed by atoms with van der Waals surface area (Å²) >= 11 is 0. The van der Waals surface area contributed by atoms with E-state index >= 15 is 0 Å². The van der Waals surface area contributed by atoms with E-state index in [-0.39, 0.29) is 23.9 Å². The number of fused-ring (bicyclic) bond motifs is 3. The van der Waals surface area contributed by atoms with Gasteiger partial charge < -0.3 is 9.64 Å². The fraction of sp³-hybridized carbons (Fsp3) is 0.316. The van der Waals surface area contributed by atoms with Gasteiger partial charge in [-0.3, -0.25) is 9.69 Å². The van der Waals surface area contributed by atoms with Crippen molar-refractivity contribution in [2.24, 2.45) is 0 Å². The molecule has 24 heavy (non-hydrogen) atoms. The van der Waals surface area contributed by atoms with Crippen LogP contribution in [0.4, 0.5) is 10.1 Å². The molecule has 0 N–H and O–H groups in total. The molecule has 124 valence electrons. The normalized spacial score (nSPS) is 23.4. The van der Waals surface area contributed by atoms with Crippen molar-refractivity contribution in [3.8, 4) is 5.75 Å². The molecule has 0 saturated carbocycles.